The number of nitrogen functional groups attached to an aromatic ring is 1. The van der Waals surface area contributed by atoms with E-state index in [1.54, 1.807) is 0 Å². The van der Waals surface area contributed by atoms with E-state index in [9.17, 15) is 13.2 Å². The van der Waals surface area contributed by atoms with Crippen LogP contribution in [-0.4, -0.2) is 11.3 Å². The first-order chi connectivity index (χ1) is 9.75. The van der Waals surface area contributed by atoms with Crippen molar-refractivity contribution in [2.75, 3.05) is 5.73 Å². The lowest BCUT2D eigenvalue weighted by molar-refractivity contribution is -0.206. The average molecular weight is 322 g/mol. The van der Waals surface area contributed by atoms with Gasteiger partial charge < -0.3 is 10.8 Å². The van der Waals surface area contributed by atoms with Gasteiger partial charge >= 0.3 is 6.18 Å². The molecule has 0 aromatic heterocycles. The number of aliphatic hydroxyl groups excluding tert-OH is 1. The largest absolute Gasteiger partial charge is 0.418 e. The van der Waals surface area contributed by atoms with Gasteiger partial charge in [0.25, 0.3) is 0 Å². The van der Waals surface area contributed by atoms with Crippen molar-refractivity contribution in [3.63, 3.8) is 0 Å². The highest BCUT2D eigenvalue weighted by Crippen LogP contribution is 2.36. The van der Waals surface area contributed by atoms with Crippen molar-refractivity contribution < 1.29 is 18.3 Å². The maximum Gasteiger partial charge on any atom is 0.418 e. The molecule has 1 atom stereocenters. The summed E-state index contributed by atoms with van der Waals surface area (Å²) in [5.41, 5.74) is 4.70. The van der Waals surface area contributed by atoms with E-state index in [2.05, 4.69) is 5.92 Å². The van der Waals surface area contributed by atoms with Crippen LogP contribution in [0.5, 0.6) is 0 Å². The van der Waals surface area contributed by atoms with Crippen molar-refractivity contribution in [3.05, 3.63) is 28.8 Å². The summed E-state index contributed by atoms with van der Waals surface area (Å²) < 4.78 is 36.3. The smallest absolute Gasteiger partial charge is 0.398 e. The normalized spacial score (nSPS) is 14.8. The van der Waals surface area contributed by atoms with Crippen LogP contribution >= 0.6 is 11.6 Å². The van der Waals surface area contributed by atoms with Gasteiger partial charge in [-0.15, -0.1) is 12.3 Å². The summed E-state index contributed by atoms with van der Waals surface area (Å²) >= 11 is 5.48. The first kappa shape index (κ1) is 19.6. The molecule has 0 radical (unpaired) electrons. The lowest BCUT2D eigenvalue weighted by atomic mass is 10.1. The van der Waals surface area contributed by atoms with Gasteiger partial charge in [0.2, 0.25) is 0 Å². The van der Waals surface area contributed by atoms with Crippen molar-refractivity contribution in [1.82, 2.24) is 0 Å². The lowest BCUT2D eigenvalue weighted by Gasteiger charge is -2.16. The maximum atomic E-state index is 12.1. The molecule has 0 amide bonds. The van der Waals surface area contributed by atoms with Crippen LogP contribution in [0.3, 0.4) is 0 Å². The van der Waals surface area contributed by atoms with Crippen LogP contribution in [0.1, 0.15) is 38.4 Å². The Morgan fingerprint density at radius 3 is 2.24 bits per heavy atom. The zero-order chi connectivity index (χ0) is 16.6. The molecule has 0 heterocycles. The molecule has 1 aliphatic rings. The van der Waals surface area contributed by atoms with Gasteiger partial charge in [0.05, 0.1) is 0 Å². The molecule has 6 heteroatoms. The van der Waals surface area contributed by atoms with Gasteiger partial charge in [0, 0.05) is 22.2 Å². The van der Waals surface area contributed by atoms with Crippen LogP contribution in [0, 0.1) is 18.3 Å². The number of anilines is 1. The number of terminal acetylenes is 1. The van der Waals surface area contributed by atoms with Crippen molar-refractivity contribution in [3.8, 4) is 12.3 Å². The number of nitrogens with two attached hydrogens (primary N) is 1. The molecule has 21 heavy (non-hydrogen) atoms. The summed E-state index contributed by atoms with van der Waals surface area (Å²) in [6.45, 7) is 4.00. The average Bonchev–Trinajstić information content (AvgIpc) is 3.26. The van der Waals surface area contributed by atoms with Gasteiger partial charge in [-0.1, -0.05) is 25.4 Å². The Kier molecular flexibility index (Phi) is 8.23. The van der Waals surface area contributed by atoms with E-state index in [0.29, 0.717) is 5.92 Å². The highest BCUT2D eigenvalue weighted by atomic mass is 35.5. The predicted molar refractivity (Wildman–Crippen MR) is 79.8 cm³/mol. The van der Waals surface area contributed by atoms with Crippen LogP contribution in [0.15, 0.2) is 18.2 Å². The molecule has 2 rings (SSSR count). The van der Waals surface area contributed by atoms with Crippen LogP contribution in [0.4, 0.5) is 18.9 Å². The van der Waals surface area contributed by atoms with Gasteiger partial charge in [-0.05, 0) is 31.0 Å². The fourth-order valence-corrected chi connectivity index (χ4v) is 1.39. The Morgan fingerprint density at radius 2 is 1.90 bits per heavy atom. The first-order valence-corrected chi connectivity index (χ1v) is 6.89. The van der Waals surface area contributed by atoms with Gasteiger partial charge in [-0.2, -0.15) is 13.2 Å². The standard InChI is InChI=1S/C8H7ClF3NO.C5H6.C2H6/c9-4-1-2-6(13)5(3-4)7(14)8(10,11)12;1-2-5-3-4-5;1-2/h1-3,7,14H,13H2;1,5H,3-4H2;1-2H3. The summed E-state index contributed by atoms with van der Waals surface area (Å²) in [4.78, 5) is 0. The number of alkyl halides is 3. The predicted octanol–water partition coefficient (Wildman–Crippen LogP) is 4.57. The number of benzene rings is 1. The Labute approximate surface area is 128 Å². The maximum absolute atomic E-state index is 12.1. The highest BCUT2D eigenvalue weighted by Gasteiger charge is 2.40. The monoisotopic (exact) mass is 321 g/mol. The van der Waals surface area contributed by atoms with Crippen molar-refractivity contribution in [2.45, 2.75) is 39.0 Å². The van der Waals surface area contributed by atoms with Gasteiger partial charge in [-0.25, -0.2) is 0 Å². The fraction of sp³-hybridized carbons (Fsp3) is 0.467. The second-order valence-corrected chi connectivity index (χ2v) is 4.59. The van der Waals surface area contributed by atoms with E-state index in [1.165, 1.54) is 25.0 Å². The minimum atomic E-state index is -4.74. The molecule has 1 aromatic carbocycles. The number of rotatable bonds is 1. The summed E-state index contributed by atoms with van der Waals surface area (Å²) in [7, 11) is 0. The first-order valence-electron chi connectivity index (χ1n) is 6.51. The molecule has 0 spiro atoms. The molecular formula is C15H19ClF3NO. The molecule has 0 bridgehead atoms. The highest BCUT2D eigenvalue weighted by molar-refractivity contribution is 6.30. The van der Waals surface area contributed by atoms with Crippen molar-refractivity contribution >= 4 is 17.3 Å². The minimum Gasteiger partial charge on any atom is -0.398 e. The zero-order valence-corrected chi connectivity index (χ0v) is 12.7. The molecule has 1 fully saturated rings. The summed E-state index contributed by atoms with van der Waals surface area (Å²) in [5, 5.41) is 8.99. The Bertz CT molecular complexity index is 479. The zero-order valence-electron chi connectivity index (χ0n) is 11.9. The minimum absolute atomic E-state index is 0.0949. The molecule has 3 N–H and O–H groups in total. The second-order valence-electron chi connectivity index (χ2n) is 4.16. The Morgan fingerprint density at radius 1 is 1.38 bits per heavy atom. The second kappa shape index (κ2) is 8.81. The van der Waals surface area contributed by atoms with Crippen LogP contribution in [0.25, 0.3) is 0 Å². The molecule has 0 aliphatic heterocycles. The van der Waals surface area contributed by atoms with E-state index in [-0.39, 0.29) is 10.7 Å². The summed E-state index contributed by atoms with van der Waals surface area (Å²) in [5.74, 6) is 3.30. The number of hydrogen-bond acceptors (Lipinski definition) is 2. The lowest BCUT2D eigenvalue weighted by Crippen LogP contribution is -2.21. The third kappa shape index (κ3) is 7.26. The van der Waals surface area contributed by atoms with E-state index < -0.39 is 17.8 Å². The van der Waals surface area contributed by atoms with E-state index in [0.717, 1.165) is 6.07 Å². The summed E-state index contributed by atoms with van der Waals surface area (Å²) in [6, 6.07) is 3.56. The molecule has 0 saturated heterocycles. The van der Waals surface area contributed by atoms with Gasteiger partial charge in [-0.3, -0.25) is 0 Å². The SMILES string of the molecule is C#CC1CC1.CC.Nc1ccc(Cl)cc1C(O)C(F)(F)F. The number of aliphatic hydroxyl groups is 1. The quantitative estimate of drug-likeness (QED) is 0.587. The topological polar surface area (TPSA) is 46.2 Å². The molecule has 1 aromatic rings. The number of halogens is 4. The van der Waals surface area contributed by atoms with E-state index >= 15 is 0 Å². The van der Waals surface area contributed by atoms with Crippen LogP contribution < -0.4 is 5.73 Å². The van der Waals surface area contributed by atoms with Gasteiger partial charge in [0.15, 0.2) is 6.10 Å². The third-order valence-electron chi connectivity index (χ3n) is 2.47. The van der Waals surface area contributed by atoms with Crippen LogP contribution in [0.2, 0.25) is 5.02 Å². The molecule has 118 valence electrons. The van der Waals surface area contributed by atoms with E-state index in [1.807, 2.05) is 13.8 Å². The van der Waals surface area contributed by atoms with Crippen LogP contribution in [-0.2, 0) is 0 Å². The third-order valence-corrected chi connectivity index (χ3v) is 2.70. The Hall–Kier alpha value is -1.38. The number of hydrogen-bond donors (Lipinski definition) is 2. The van der Waals surface area contributed by atoms with Crippen molar-refractivity contribution in [2.24, 2.45) is 5.92 Å². The summed E-state index contributed by atoms with van der Waals surface area (Å²) in [6.07, 6.45) is 0.199. The molecular weight excluding hydrogens is 303 g/mol. The molecule has 1 aliphatic carbocycles. The fourth-order valence-electron chi connectivity index (χ4n) is 1.21. The Balaban J connectivity index is 0.000000473. The molecule has 2 nitrogen and oxygen atoms in total. The molecule has 1 unspecified atom stereocenters. The van der Waals surface area contributed by atoms with Crippen molar-refractivity contribution in [1.29, 1.82) is 0 Å². The van der Waals surface area contributed by atoms with E-state index in [4.69, 9.17) is 28.9 Å². The molecule has 1 saturated carbocycles. The van der Waals surface area contributed by atoms with Gasteiger partial charge in [0.1, 0.15) is 0 Å².